The van der Waals surface area contributed by atoms with Gasteiger partial charge in [-0.2, -0.15) is 0 Å². The Balaban J connectivity index is 1.87. The summed E-state index contributed by atoms with van der Waals surface area (Å²) >= 11 is 7.54. The fourth-order valence-electron chi connectivity index (χ4n) is 2.03. The van der Waals surface area contributed by atoms with Gasteiger partial charge in [-0.1, -0.05) is 29.8 Å². The van der Waals surface area contributed by atoms with Gasteiger partial charge in [0.1, 0.15) is 5.82 Å². The van der Waals surface area contributed by atoms with Crippen LogP contribution in [0.15, 0.2) is 47.8 Å². The number of halogens is 2. The highest BCUT2D eigenvalue weighted by Crippen LogP contribution is 2.27. The molecule has 5 heteroatoms. The number of hydrogen-bond donors (Lipinski definition) is 1. The van der Waals surface area contributed by atoms with Crippen molar-refractivity contribution in [3.63, 3.8) is 0 Å². The number of anilines is 1. The van der Waals surface area contributed by atoms with Crippen LogP contribution in [0.25, 0.3) is 11.3 Å². The van der Waals surface area contributed by atoms with Gasteiger partial charge in [0.2, 0.25) is 0 Å². The highest BCUT2D eigenvalue weighted by molar-refractivity contribution is 7.10. The maximum atomic E-state index is 13.8. The fourth-order valence-corrected chi connectivity index (χ4v) is 3.08. The highest BCUT2D eigenvalue weighted by Gasteiger charge is 2.11. The molecule has 0 unspecified atom stereocenters. The first-order valence-corrected chi connectivity index (χ1v) is 7.62. The van der Waals surface area contributed by atoms with Crippen molar-refractivity contribution >= 4 is 28.6 Å². The summed E-state index contributed by atoms with van der Waals surface area (Å²) in [6, 6.07) is 12.2. The summed E-state index contributed by atoms with van der Waals surface area (Å²) in [5.41, 5.74) is 8.73. The number of hydrogen-bond acceptors (Lipinski definition) is 3. The van der Waals surface area contributed by atoms with Crippen molar-refractivity contribution in [3.05, 3.63) is 69.3 Å². The Hall–Kier alpha value is -1.91. The lowest BCUT2D eigenvalue weighted by Crippen LogP contribution is -1.93. The van der Waals surface area contributed by atoms with E-state index in [1.54, 1.807) is 12.1 Å². The van der Waals surface area contributed by atoms with Gasteiger partial charge in [0.15, 0.2) is 0 Å². The molecule has 0 atom stereocenters. The molecule has 0 aliphatic carbocycles. The first-order chi connectivity index (χ1) is 10.1. The minimum absolute atomic E-state index is 0.299. The first kappa shape index (κ1) is 14.0. The minimum atomic E-state index is -0.299. The van der Waals surface area contributed by atoms with Crippen LogP contribution >= 0.6 is 22.9 Å². The summed E-state index contributed by atoms with van der Waals surface area (Å²) in [4.78, 5) is 4.54. The zero-order chi connectivity index (χ0) is 14.8. The van der Waals surface area contributed by atoms with Gasteiger partial charge in [0.25, 0.3) is 0 Å². The van der Waals surface area contributed by atoms with Crippen molar-refractivity contribution in [1.82, 2.24) is 4.98 Å². The molecule has 0 aliphatic heterocycles. The van der Waals surface area contributed by atoms with E-state index in [2.05, 4.69) is 4.98 Å². The quantitative estimate of drug-likeness (QED) is 0.706. The van der Waals surface area contributed by atoms with Crippen LogP contribution in [0.5, 0.6) is 0 Å². The third-order valence-corrected chi connectivity index (χ3v) is 4.35. The van der Waals surface area contributed by atoms with Crippen molar-refractivity contribution in [2.45, 2.75) is 6.42 Å². The average molecular weight is 319 g/mol. The Bertz CT molecular complexity index is 748. The van der Waals surface area contributed by atoms with E-state index in [9.17, 15) is 4.39 Å². The lowest BCUT2D eigenvalue weighted by molar-refractivity contribution is 0.614. The van der Waals surface area contributed by atoms with Crippen LogP contribution in [0.2, 0.25) is 5.02 Å². The molecule has 0 aliphatic rings. The van der Waals surface area contributed by atoms with Gasteiger partial charge in [-0.15, -0.1) is 11.3 Å². The number of thiazole rings is 1. The molecule has 3 aromatic rings. The molecule has 0 amide bonds. The normalized spacial score (nSPS) is 10.8. The van der Waals surface area contributed by atoms with E-state index in [1.165, 1.54) is 17.4 Å². The first-order valence-electron chi connectivity index (χ1n) is 6.36. The summed E-state index contributed by atoms with van der Waals surface area (Å²) in [5, 5.41) is 3.21. The molecule has 1 aromatic heterocycles. The van der Waals surface area contributed by atoms with Crippen molar-refractivity contribution in [3.8, 4) is 11.3 Å². The van der Waals surface area contributed by atoms with Crippen LogP contribution in [0, 0.1) is 5.82 Å². The lowest BCUT2D eigenvalue weighted by Gasteiger charge is -2.03. The average Bonchev–Trinajstić information content (AvgIpc) is 2.92. The number of nitrogens with two attached hydrogens (primary N) is 1. The number of benzene rings is 2. The number of aromatic nitrogens is 1. The third-order valence-electron chi connectivity index (χ3n) is 3.15. The van der Waals surface area contributed by atoms with E-state index in [-0.39, 0.29) is 5.82 Å². The van der Waals surface area contributed by atoms with Crippen LogP contribution in [0.4, 0.5) is 10.1 Å². The monoisotopic (exact) mass is 318 g/mol. The summed E-state index contributed by atoms with van der Waals surface area (Å²) < 4.78 is 13.8. The third kappa shape index (κ3) is 3.06. The standard InChI is InChI=1S/C16H12ClFN2S/c17-13-2-1-3-14(18)12(13)8-16-20-15(9-21-16)10-4-6-11(19)7-5-10/h1-7,9H,8,19H2. The van der Waals surface area contributed by atoms with Crippen LogP contribution in [0.1, 0.15) is 10.6 Å². The smallest absolute Gasteiger partial charge is 0.128 e. The fraction of sp³-hybridized carbons (Fsp3) is 0.0625. The Morgan fingerprint density at radius 3 is 2.62 bits per heavy atom. The number of nitrogens with zero attached hydrogens (tertiary/aromatic N) is 1. The van der Waals surface area contributed by atoms with Crippen molar-refractivity contribution < 1.29 is 4.39 Å². The van der Waals surface area contributed by atoms with Gasteiger partial charge >= 0.3 is 0 Å². The van der Waals surface area contributed by atoms with Gasteiger partial charge in [-0.3, -0.25) is 0 Å². The van der Waals surface area contributed by atoms with Gasteiger partial charge in [0.05, 0.1) is 10.7 Å². The summed E-state index contributed by atoms with van der Waals surface area (Å²) in [6.07, 6.45) is 0.394. The molecule has 0 saturated carbocycles. The minimum Gasteiger partial charge on any atom is -0.399 e. The molecular weight excluding hydrogens is 307 g/mol. The number of nitrogen functional groups attached to an aromatic ring is 1. The second-order valence-corrected chi connectivity index (χ2v) is 5.98. The molecule has 2 N–H and O–H groups in total. The van der Waals surface area contributed by atoms with Gasteiger partial charge in [-0.05, 0) is 24.3 Å². The largest absolute Gasteiger partial charge is 0.399 e. The van der Waals surface area contributed by atoms with Crippen LogP contribution in [-0.4, -0.2) is 4.98 Å². The Morgan fingerprint density at radius 1 is 1.14 bits per heavy atom. The van der Waals surface area contributed by atoms with E-state index < -0.39 is 0 Å². The molecule has 0 radical (unpaired) electrons. The zero-order valence-corrected chi connectivity index (χ0v) is 12.6. The van der Waals surface area contributed by atoms with Crippen LogP contribution in [0.3, 0.4) is 0 Å². The van der Waals surface area contributed by atoms with Crippen LogP contribution < -0.4 is 5.73 Å². The summed E-state index contributed by atoms with van der Waals surface area (Å²) in [6.45, 7) is 0. The highest BCUT2D eigenvalue weighted by atomic mass is 35.5. The second kappa shape index (κ2) is 5.84. The topological polar surface area (TPSA) is 38.9 Å². The van der Waals surface area contributed by atoms with E-state index in [4.69, 9.17) is 17.3 Å². The van der Waals surface area contributed by atoms with E-state index in [0.717, 1.165) is 16.3 Å². The predicted octanol–water partition coefficient (Wildman–Crippen LogP) is 4.78. The molecule has 0 bridgehead atoms. The molecule has 0 spiro atoms. The maximum absolute atomic E-state index is 13.8. The molecule has 1 heterocycles. The summed E-state index contributed by atoms with van der Waals surface area (Å²) in [7, 11) is 0. The molecular formula is C16H12ClFN2S. The van der Waals surface area contributed by atoms with E-state index in [1.807, 2.05) is 29.6 Å². The molecule has 0 fully saturated rings. The van der Waals surface area contributed by atoms with E-state index >= 15 is 0 Å². The second-order valence-electron chi connectivity index (χ2n) is 4.63. The molecule has 0 saturated heterocycles. The SMILES string of the molecule is Nc1ccc(-c2csc(Cc3c(F)cccc3Cl)n2)cc1. The van der Waals surface area contributed by atoms with Crippen LogP contribution in [-0.2, 0) is 6.42 Å². The molecule has 21 heavy (non-hydrogen) atoms. The van der Waals surface area contributed by atoms with Crippen molar-refractivity contribution in [1.29, 1.82) is 0 Å². The van der Waals surface area contributed by atoms with Gasteiger partial charge < -0.3 is 5.73 Å². The van der Waals surface area contributed by atoms with Crippen molar-refractivity contribution in [2.24, 2.45) is 0 Å². The predicted molar refractivity (Wildman–Crippen MR) is 86.2 cm³/mol. The number of rotatable bonds is 3. The Labute approximate surface area is 131 Å². The van der Waals surface area contributed by atoms with Gasteiger partial charge in [-0.25, -0.2) is 9.37 Å². The molecule has 2 aromatic carbocycles. The molecule has 2 nitrogen and oxygen atoms in total. The maximum Gasteiger partial charge on any atom is 0.128 e. The molecule has 3 rings (SSSR count). The molecule has 106 valence electrons. The van der Waals surface area contributed by atoms with E-state index in [0.29, 0.717) is 22.7 Å². The van der Waals surface area contributed by atoms with Crippen molar-refractivity contribution in [2.75, 3.05) is 5.73 Å². The lowest BCUT2D eigenvalue weighted by atomic mass is 10.1. The zero-order valence-electron chi connectivity index (χ0n) is 11.0. The van der Waals surface area contributed by atoms with Gasteiger partial charge in [0, 0.05) is 33.6 Å². The summed E-state index contributed by atoms with van der Waals surface area (Å²) in [5.74, 6) is -0.299. The Kier molecular flexibility index (Phi) is 3.90. The Morgan fingerprint density at radius 2 is 1.90 bits per heavy atom.